The summed E-state index contributed by atoms with van der Waals surface area (Å²) >= 11 is 1.70. The predicted octanol–water partition coefficient (Wildman–Crippen LogP) is 4.91. The molecule has 0 saturated carbocycles. The summed E-state index contributed by atoms with van der Waals surface area (Å²) in [6.45, 7) is 8.21. The summed E-state index contributed by atoms with van der Waals surface area (Å²) < 4.78 is 0. The van der Waals surface area contributed by atoms with E-state index in [9.17, 15) is 9.90 Å². The summed E-state index contributed by atoms with van der Waals surface area (Å²) in [5.74, 6) is 0.367. The molecule has 0 unspecified atom stereocenters. The number of phenolic OH excluding ortho intramolecular Hbond substituents is 1. The van der Waals surface area contributed by atoms with Crippen LogP contribution in [0.1, 0.15) is 53.2 Å². The Labute approximate surface area is 194 Å². The fourth-order valence-corrected chi connectivity index (χ4v) is 5.45. The number of thiazole rings is 1. The number of hydrogen-bond donors (Lipinski definition) is 1. The molecule has 1 amide bonds. The van der Waals surface area contributed by atoms with E-state index in [1.165, 1.54) is 5.56 Å². The lowest BCUT2D eigenvalue weighted by atomic mass is 9.68. The van der Waals surface area contributed by atoms with Gasteiger partial charge in [0.2, 0.25) is 0 Å². The van der Waals surface area contributed by atoms with Gasteiger partial charge < -0.3 is 10.0 Å². The Kier molecular flexibility index (Phi) is 6.92. The third-order valence-corrected chi connectivity index (χ3v) is 7.45. The topological polar surface area (TPSA) is 56.7 Å². The number of benzene rings is 2. The van der Waals surface area contributed by atoms with Gasteiger partial charge in [0.05, 0.1) is 6.54 Å². The molecule has 1 aliphatic rings. The van der Waals surface area contributed by atoms with Gasteiger partial charge in [-0.3, -0.25) is 9.69 Å². The number of phenols is 1. The fraction of sp³-hybridized carbons (Fsp3) is 0.385. The molecule has 0 aliphatic carbocycles. The molecule has 2 heterocycles. The van der Waals surface area contributed by atoms with Crippen LogP contribution >= 0.6 is 11.3 Å². The van der Waals surface area contributed by atoms with Crippen molar-refractivity contribution in [3.63, 3.8) is 0 Å². The lowest BCUT2D eigenvalue weighted by Gasteiger charge is -2.43. The molecule has 4 rings (SSSR count). The Hall–Kier alpha value is -2.70. The van der Waals surface area contributed by atoms with Crippen LogP contribution < -0.4 is 0 Å². The van der Waals surface area contributed by atoms with E-state index >= 15 is 0 Å². The van der Waals surface area contributed by atoms with E-state index in [1.807, 2.05) is 54.6 Å². The van der Waals surface area contributed by atoms with Gasteiger partial charge in [0.1, 0.15) is 10.8 Å². The summed E-state index contributed by atoms with van der Waals surface area (Å²) in [5, 5.41) is 13.4. The monoisotopic (exact) mass is 449 g/mol. The van der Waals surface area contributed by atoms with Crippen molar-refractivity contribution in [1.82, 2.24) is 14.8 Å². The maximum Gasteiger partial charge on any atom is 0.253 e. The molecule has 0 bridgehead atoms. The highest BCUT2D eigenvalue weighted by molar-refractivity contribution is 7.09. The Morgan fingerprint density at radius 2 is 1.81 bits per heavy atom. The van der Waals surface area contributed by atoms with Gasteiger partial charge in [-0.2, -0.15) is 0 Å². The smallest absolute Gasteiger partial charge is 0.253 e. The van der Waals surface area contributed by atoms with Gasteiger partial charge in [0, 0.05) is 35.6 Å². The van der Waals surface area contributed by atoms with Crippen molar-refractivity contribution in [2.24, 2.45) is 0 Å². The van der Waals surface area contributed by atoms with Crippen LogP contribution in [0.15, 0.2) is 60.1 Å². The standard InChI is InChI=1S/C26H31N3O2S/c1-3-29(4-2)25(31)20-8-10-21(11-9-20)26(22-6-5-7-23(30)18-22)12-15-28(16-13-26)19-24-27-14-17-32-24/h5-11,14,17-18,30H,3-4,12-13,15-16,19H2,1-2H3. The molecule has 0 spiro atoms. The normalized spacial score (nSPS) is 16.1. The van der Waals surface area contributed by atoms with Crippen molar-refractivity contribution < 1.29 is 9.90 Å². The molecule has 1 N–H and O–H groups in total. The van der Waals surface area contributed by atoms with Gasteiger partial charge in [0.25, 0.3) is 5.91 Å². The number of carbonyl (C=O) groups excluding carboxylic acids is 1. The number of aromatic hydroxyl groups is 1. The number of hydrogen-bond acceptors (Lipinski definition) is 5. The van der Waals surface area contributed by atoms with Crippen LogP contribution in [-0.2, 0) is 12.0 Å². The second kappa shape index (κ2) is 9.84. The molecule has 0 atom stereocenters. The average molecular weight is 450 g/mol. The molecule has 1 fully saturated rings. The molecule has 1 aliphatic heterocycles. The fourth-order valence-electron chi connectivity index (χ4n) is 4.79. The van der Waals surface area contributed by atoms with Crippen molar-refractivity contribution in [3.05, 3.63) is 81.8 Å². The molecular formula is C26H31N3O2S. The summed E-state index contributed by atoms with van der Waals surface area (Å²) in [6.07, 6.45) is 3.76. The van der Waals surface area contributed by atoms with Crippen molar-refractivity contribution >= 4 is 17.2 Å². The average Bonchev–Trinajstić information content (AvgIpc) is 3.34. The SMILES string of the molecule is CCN(CC)C(=O)c1ccc(C2(c3cccc(O)c3)CCN(Cc3nccs3)CC2)cc1. The highest BCUT2D eigenvalue weighted by Gasteiger charge is 2.38. The van der Waals surface area contributed by atoms with Crippen LogP contribution in [0.3, 0.4) is 0 Å². The van der Waals surface area contributed by atoms with Gasteiger partial charge in [-0.1, -0.05) is 24.3 Å². The second-order valence-corrected chi connectivity index (χ2v) is 9.37. The van der Waals surface area contributed by atoms with Gasteiger partial charge in [-0.25, -0.2) is 4.98 Å². The lowest BCUT2D eigenvalue weighted by molar-refractivity contribution is 0.0773. The quantitative estimate of drug-likeness (QED) is 0.557. The van der Waals surface area contributed by atoms with Gasteiger partial charge in [0.15, 0.2) is 0 Å². The largest absolute Gasteiger partial charge is 0.508 e. The van der Waals surface area contributed by atoms with Crippen LogP contribution in [0.5, 0.6) is 5.75 Å². The maximum atomic E-state index is 12.8. The highest BCUT2D eigenvalue weighted by Crippen LogP contribution is 2.43. The minimum atomic E-state index is -0.186. The molecule has 2 aromatic carbocycles. The van der Waals surface area contributed by atoms with Crippen molar-refractivity contribution in [2.75, 3.05) is 26.2 Å². The summed E-state index contributed by atoms with van der Waals surface area (Å²) in [5.41, 5.74) is 2.88. The van der Waals surface area contributed by atoms with E-state index < -0.39 is 0 Å². The molecule has 5 nitrogen and oxygen atoms in total. The molecule has 6 heteroatoms. The van der Waals surface area contributed by atoms with Crippen molar-refractivity contribution in [2.45, 2.75) is 38.6 Å². The Morgan fingerprint density at radius 1 is 1.09 bits per heavy atom. The predicted molar refractivity (Wildman–Crippen MR) is 129 cm³/mol. The Bertz CT molecular complexity index is 1020. The Morgan fingerprint density at radius 3 is 2.41 bits per heavy atom. The van der Waals surface area contributed by atoms with Crippen molar-refractivity contribution in [1.29, 1.82) is 0 Å². The molecule has 168 valence electrons. The first-order valence-electron chi connectivity index (χ1n) is 11.4. The minimum Gasteiger partial charge on any atom is -0.508 e. The summed E-state index contributed by atoms with van der Waals surface area (Å²) in [4.78, 5) is 21.5. The van der Waals surface area contributed by atoms with E-state index in [1.54, 1.807) is 17.4 Å². The third kappa shape index (κ3) is 4.57. The van der Waals surface area contributed by atoms with Crippen LogP contribution in [0.2, 0.25) is 0 Å². The van der Waals surface area contributed by atoms with E-state index in [-0.39, 0.29) is 11.3 Å². The first-order chi connectivity index (χ1) is 15.6. The molecule has 32 heavy (non-hydrogen) atoms. The molecule has 3 aromatic rings. The molecule has 0 radical (unpaired) electrons. The molecule has 1 saturated heterocycles. The van der Waals surface area contributed by atoms with Crippen LogP contribution in [0.4, 0.5) is 0 Å². The number of rotatable bonds is 7. The number of likely N-dealkylation sites (tertiary alicyclic amines) is 1. The first kappa shape index (κ1) is 22.5. The Balaban J connectivity index is 1.62. The molecule has 1 aromatic heterocycles. The van der Waals surface area contributed by atoms with E-state index in [4.69, 9.17) is 0 Å². The number of carbonyl (C=O) groups is 1. The van der Waals surface area contributed by atoms with Gasteiger partial charge in [-0.05, 0) is 75.2 Å². The van der Waals surface area contributed by atoms with Crippen LogP contribution in [-0.4, -0.2) is 52.0 Å². The lowest BCUT2D eigenvalue weighted by Crippen LogP contribution is -2.43. The van der Waals surface area contributed by atoms with Crippen molar-refractivity contribution in [3.8, 4) is 5.75 Å². The van der Waals surface area contributed by atoms with Crippen LogP contribution in [0, 0.1) is 0 Å². The maximum absolute atomic E-state index is 12.8. The minimum absolute atomic E-state index is 0.0752. The number of aromatic nitrogens is 1. The number of amides is 1. The van der Waals surface area contributed by atoms with E-state index in [0.29, 0.717) is 18.8 Å². The third-order valence-electron chi connectivity index (χ3n) is 6.69. The van der Waals surface area contributed by atoms with Gasteiger partial charge >= 0.3 is 0 Å². The van der Waals surface area contributed by atoms with Crippen LogP contribution in [0.25, 0.3) is 0 Å². The van der Waals surface area contributed by atoms with E-state index in [2.05, 4.69) is 28.1 Å². The zero-order valence-electron chi connectivity index (χ0n) is 18.8. The summed E-state index contributed by atoms with van der Waals surface area (Å²) in [6, 6.07) is 15.8. The second-order valence-electron chi connectivity index (χ2n) is 8.39. The zero-order chi connectivity index (χ0) is 22.6. The van der Waals surface area contributed by atoms with Gasteiger partial charge in [-0.15, -0.1) is 11.3 Å². The zero-order valence-corrected chi connectivity index (χ0v) is 19.6. The number of piperidine rings is 1. The molecular weight excluding hydrogens is 418 g/mol. The van der Waals surface area contributed by atoms with E-state index in [0.717, 1.165) is 48.6 Å². The summed E-state index contributed by atoms with van der Waals surface area (Å²) in [7, 11) is 0. The number of nitrogens with zero attached hydrogens (tertiary/aromatic N) is 3. The highest BCUT2D eigenvalue weighted by atomic mass is 32.1. The first-order valence-corrected chi connectivity index (χ1v) is 12.2.